The van der Waals surface area contributed by atoms with Crippen molar-refractivity contribution in [2.45, 2.75) is 32.4 Å². The summed E-state index contributed by atoms with van der Waals surface area (Å²) in [5.41, 5.74) is 1.51. The van der Waals surface area contributed by atoms with Gasteiger partial charge in [0.15, 0.2) is 6.10 Å². The lowest BCUT2D eigenvalue weighted by molar-refractivity contribution is -0.126. The molecule has 0 spiro atoms. The molecule has 2 saturated heterocycles. The maximum Gasteiger partial charge on any atom is 0.266 e. The average Bonchev–Trinajstić information content (AvgIpc) is 3.24. The molecule has 0 aromatic heterocycles. The van der Waals surface area contributed by atoms with Crippen molar-refractivity contribution < 1.29 is 14.4 Å². The van der Waals surface area contributed by atoms with Crippen LogP contribution in [0.1, 0.15) is 20.3 Å². The number of fused-ring (bicyclic) bond motifs is 2. The number of amides is 2. The molecule has 5 nitrogen and oxygen atoms in total. The number of hydroxylamine groups is 1. The Labute approximate surface area is 175 Å². The largest absolute Gasteiger partial charge is 0.273 e. The van der Waals surface area contributed by atoms with Crippen molar-refractivity contribution >= 4 is 34.0 Å². The van der Waals surface area contributed by atoms with Crippen LogP contribution in [0.3, 0.4) is 0 Å². The lowest BCUT2D eigenvalue weighted by atomic mass is 9.90. The van der Waals surface area contributed by atoms with Gasteiger partial charge in [-0.05, 0) is 35.9 Å². The van der Waals surface area contributed by atoms with Gasteiger partial charge < -0.3 is 0 Å². The normalized spacial score (nSPS) is 23.6. The van der Waals surface area contributed by atoms with Crippen LogP contribution in [0, 0.1) is 11.8 Å². The summed E-state index contributed by atoms with van der Waals surface area (Å²) in [6, 6.07) is 23.0. The van der Waals surface area contributed by atoms with Crippen molar-refractivity contribution in [1.29, 1.82) is 0 Å². The quantitative estimate of drug-likeness (QED) is 0.602. The standard InChI is InChI=1S/C25H24N2O3/c1-16(2)15-21-22-23(30-27(21)18-11-4-3-5-12-18)25(29)26(24(22)28)20-14-8-10-17-9-6-7-13-19(17)20/h3-14,16,21-23H,15H2,1-2H3. The summed E-state index contributed by atoms with van der Waals surface area (Å²) in [4.78, 5) is 34.5. The minimum absolute atomic E-state index is 0.176. The van der Waals surface area contributed by atoms with Gasteiger partial charge in [0.1, 0.15) is 0 Å². The molecule has 30 heavy (non-hydrogen) atoms. The first-order chi connectivity index (χ1) is 14.6. The van der Waals surface area contributed by atoms with E-state index in [-0.39, 0.29) is 17.9 Å². The number of para-hydroxylation sites is 1. The van der Waals surface area contributed by atoms with E-state index < -0.39 is 12.0 Å². The second-order valence-electron chi connectivity index (χ2n) is 8.42. The zero-order valence-electron chi connectivity index (χ0n) is 17.1. The Morgan fingerprint density at radius 2 is 1.57 bits per heavy atom. The molecule has 2 aliphatic heterocycles. The highest BCUT2D eigenvalue weighted by Crippen LogP contribution is 2.43. The first-order valence-corrected chi connectivity index (χ1v) is 10.4. The molecule has 3 aromatic carbocycles. The Balaban J connectivity index is 1.55. The Kier molecular flexibility index (Phi) is 4.55. The molecule has 2 heterocycles. The summed E-state index contributed by atoms with van der Waals surface area (Å²) in [6.07, 6.45) is -0.0289. The molecule has 2 amide bonds. The molecule has 2 fully saturated rings. The minimum atomic E-state index is -0.791. The molecule has 5 rings (SSSR count). The maximum absolute atomic E-state index is 13.6. The van der Waals surface area contributed by atoms with E-state index in [1.807, 2.05) is 72.8 Å². The van der Waals surface area contributed by atoms with Crippen LogP contribution in [0.5, 0.6) is 0 Å². The van der Waals surface area contributed by atoms with Crippen LogP contribution in [0.15, 0.2) is 72.8 Å². The summed E-state index contributed by atoms with van der Waals surface area (Å²) in [5.74, 6) is -0.615. The van der Waals surface area contributed by atoms with Crippen molar-refractivity contribution in [2.24, 2.45) is 11.8 Å². The van der Waals surface area contributed by atoms with E-state index in [2.05, 4.69) is 13.8 Å². The van der Waals surface area contributed by atoms with Crippen LogP contribution < -0.4 is 9.96 Å². The van der Waals surface area contributed by atoms with Gasteiger partial charge in [-0.1, -0.05) is 68.4 Å². The van der Waals surface area contributed by atoms with Crippen molar-refractivity contribution in [3.8, 4) is 0 Å². The van der Waals surface area contributed by atoms with Gasteiger partial charge in [0, 0.05) is 5.39 Å². The van der Waals surface area contributed by atoms with Crippen LogP contribution in [-0.4, -0.2) is 24.0 Å². The first kappa shape index (κ1) is 18.8. The Hall–Kier alpha value is -3.18. The summed E-state index contributed by atoms with van der Waals surface area (Å²) in [6.45, 7) is 4.25. The molecular weight excluding hydrogens is 376 g/mol. The Bertz CT molecular complexity index is 1110. The van der Waals surface area contributed by atoms with E-state index in [1.54, 1.807) is 5.06 Å². The van der Waals surface area contributed by atoms with Crippen molar-refractivity contribution in [2.75, 3.05) is 9.96 Å². The lowest BCUT2D eigenvalue weighted by Crippen LogP contribution is -2.41. The van der Waals surface area contributed by atoms with E-state index in [1.165, 1.54) is 4.90 Å². The molecule has 3 aromatic rings. The van der Waals surface area contributed by atoms with Crippen LogP contribution in [-0.2, 0) is 14.4 Å². The third kappa shape index (κ3) is 2.89. The summed E-state index contributed by atoms with van der Waals surface area (Å²) in [5, 5.41) is 3.67. The van der Waals surface area contributed by atoms with Crippen molar-refractivity contribution in [3.05, 3.63) is 72.8 Å². The topological polar surface area (TPSA) is 49.9 Å². The number of rotatable bonds is 4. The van der Waals surface area contributed by atoms with Crippen LogP contribution in [0.4, 0.5) is 11.4 Å². The molecule has 3 atom stereocenters. The van der Waals surface area contributed by atoms with E-state index in [0.29, 0.717) is 11.6 Å². The second kappa shape index (κ2) is 7.26. The molecule has 0 radical (unpaired) electrons. The fourth-order valence-corrected chi connectivity index (χ4v) is 4.68. The maximum atomic E-state index is 13.6. The van der Waals surface area contributed by atoms with E-state index in [9.17, 15) is 9.59 Å². The highest BCUT2D eigenvalue weighted by molar-refractivity contribution is 6.26. The number of carbonyl (C=O) groups excluding carboxylic acids is 2. The molecule has 3 unspecified atom stereocenters. The first-order valence-electron chi connectivity index (χ1n) is 10.4. The molecule has 0 aliphatic carbocycles. The number of benzene rings is 3. The van der Waals surface area contributed by atoms with Gasteiger partial charge in [0.25, 0.3) is 5.91 Å². The number of carbonyl (C=O) groups is 2. The Morgan fingerprint density at radius 3 is 2.33 bits per heavy atom. The summed E-state index contributed by atoms with van der Waals surface area (Å²) in [7, 11) is 0. The van der Waals surface area contributed by atoms with Gasteiger partial charge in [-0.3, -0.25) is 14.4 Å². The SMILES string of the molecule is CC(C)CC1C2C(=O)N(c3cccc4ccccc34)C(=O)C2ON1c1ccccc1. The molecule has 0 N–H and O–H groups in total. The molecule has 152 valence electrons. The Morgan fingerprint density at radius 1 is 0.867 bits per heavy atom. The number of hydrogen-bond donors (Lipinski definition) is 0. The smallest absolute Gasteiger partial charge is 0.266 e. The van der Waals surface area contributed by atoms with Crippen LogP contribution in [0.2, 0.25) is 0 Å². The van der Waals surface area contributed by atoms with Crippen LogP contribution in [0.25, 0.3) is 10.8 Å². The molecule has 5 heteroatoms. The monoisotopic (exact) mass is 400 g/mol. The van der Waals surface area contributed by atoms with E-state index in [0.717, 1.165) is 22.9 Å². The van der Waals surface area contributed by atoms with Crippen molar-refractivity contribution in [3.63, 3.8) is 0 Å². The molecule has 2 aliphatic rings. The number of anilines is 2. The van der Waals surface area contributed by atoms with E-state index in [4.69, 9.17) is 4.84 Å². The third-order valence-corrected chi connectivity index (χ3v) is 5.97. The van der Waals surface area contributed by atoms with E-state index >= 15 is 0 Å². The lowest BCUT2D eigenvalue weighted by Gasteiger charge is -2.29. The summed E-state index contributed by atoms with van der Waals surface area (Å²) < 4.78 is 0. The molecule has 0 bridgehead atoms. The van der Waals surface area contributed by atoms with Crippen molar-refractivity contribution in [1.82, 2.24) is 0 Å². The zero-order valence-corrected chi connectivity index (χ0v) is 17.1. The van der Waals surface area contributed by atoms with Gasteiger partial charge >= 0.3 is 0 Å². The highest BCUT2D eigenvalue weighted by atomic mass is 16.7. The minimum Gasteiger partial charge on any atom is -0.273 e. The van der Waals surface area contributed by atoms with Gasteiger partial charge in [-0.2, -0.15) is 0 Å². The fraction of sp³-hybridized carbons (Fsp3) is 0.280. The number of hydrogen-bond acceptors (Lipinski definition) is 4. The average molecular weight is 400 g/mol. The van der Waals surface area contributed by atoms with Gasteiger partial charge in [0.2, 0.25) is 5.91 Å². The third-order valence-electron chi connectivity index (χ3n) is 5.97. The van der Waals surface area contributed by atoms with Gasteiger partial charge in [-0.25, -0.2) is 9.96 Å². The second-order valence-corrected chi connectivity index (χ2v) is 8.42. The summed E-state index contributed by atoms with van der Waals surface area (Å²) >= 11 is 0. The van der Waals surface area contributed by atoms with Crippen LogP contribution >= 0.6 is 0 Å². The zero-order chi connectivity index (χ0) is 20.8. The van der Waals surface area contributed by atoms with Gasteiger partial charge in [0.05, 0.1) is 23.3 Å². The fourth-order valence-electron chi connectivity index (χ4n) is 4.68. The number of nitrogens with zero attached hydrogens (tertiary/aromatic N) is 2. The number of imide groups is 1. The molecule has 0 saturated carbocycles. The highest BCUT2D eigenvalue weighted by Gasteiger charge is 2.59. The molecular formula is C25H24N2O3. The predicted octanol–water partition coefficient (Wildman–Crippen LogP) is 4.56. The van der Waals surface area contributed by atoms with Gasteiger partial charge in [-0.15, -0.1) is 0 Å². The predicted molar refractivity (Wildman–Crippen MR) is 117 cm³/mol.